The predicted octanol–water partition coefficient (Wildman–Crippen LogP) is 7.01. The number of carbonyl (C=O) groups is 4. The molecule has 0 spiro atoms. The van der Waals surface area contributed by atoms with Crippen LogP contribution in [0.2, 0.25) is 0 Å². The number of allylic oxidation sites excluding steroid dienone is 6. The molecule has 0 radical (unpaired) electrons. The van der Waals surface area contributed by atoms with Gasteiger partial charge in [-0.25, -0.2) is 0 Å². The molecular weight excluding hydrogens is 749 g/mol. The van der Waals surface area contributed by atoms with Gasteiger partial charge in [0.1, 0.15) is 29.5 Å². The van der Waals surface area contributed by atoms with E-state index >= 15 is 0 Å². The van der Waals surface area contributed by atoms with E-state index in [1.54, 1.807) is 32.9 Å². The third-order valence-electron chi connectivity index (χ3n) is 13.2. The minimum absolute atomic E-state index is 0.0293. The lowest BCUT2D eigenvalue weighted by molar-refractivity contribution is -0.156. The number of hydrogen-bond donors (Lipinski definition) is 4. The number of aliphatic hydroxyl groups is 1. The van der Waals surface area contributed by atoms with Crippen molar-refractivity contribution >= 4 is 29.2 Å². The maximum absolute atomic E-state index is 14.7. The number of likely N-dealkylation sites (tertiary alicyclic amines) is 1. The number of aliphatic imine (C=N–C) groups is 1. The number of amides is 1. The molecule has 2 unspecified atom stereocenters. The lowest BCUT2D eigenvalue weighted by Gasteiger charge is -2.34. The first-order valence-corrected chi connectivity index (χ1v) is 21.6. The van der Waals surface area contributed by atoms with Crippen LogP contribution in [0, 0.1) is 30.6 Å². The molecule has 5 aliphatic heterocycles. The number of esters is 1. The van der Waals surface area contributed by atoms with Gasteiger partial charge in [0.05, 0.1) is 28.6 Å². The van der Waals surface area contributed by atoms with Crippen LogP contribution in [0.5, 0.6) is 11.5 Å². The zero-order valence-corrected chi connectivity index (χ0v) is 36.5. The van der Waals surface area contributed by atoms with Crippen molar-refractivity contribution in [3.63, 3.8) is 0 Å². The van der Waals surface area contributed by atoms with Crippen LogP contribution in [0.1, 0.15) is 139 Å². The quantitative estimate of drug-likeness (QED) is 0.180. The Kier molecular flexibility index (Phi) is 13.1. The Hall–Kier alpha value is -4.55. The molecule has 1 aliphatic carbocycles. The molecule has 1 saturated heterocycles. The van der Waals surface area contributed by atoms with Crippen LogP contribution in [0.15, 0.2) is 52.3 Å². The minimum Gasteiger partial charge on any atom is -0.507 e. The maximum Gasteiger partial charge on any atom is 0.302 e. The normalized spacial score (nSPS) is 35.0. The zero-order chi connectivity index (χ0) is 43.1. The third-order valence-corrected chi connectivity index (χ3v) is 13.2. The van der Waals surface area contributed by atoms with Crippen molar-refractivity contribution in [2.24, 2.45) is 28.7 Å². The lowest BCUT2D eigenvalue weighted by Crippen LogP contribution is -2.41. The second-order valence-electron chi connectivity index (χ2n) is 18.1. The molecule has 12 heteroatoms. The second kappa shape index (κ2) is 17.6. The van der Waals surface area contributed by atoms with E-state index in [0.29, 0.717) is 42.3 Å². The molecule has 1 aromatic carbocycles. The fourth-order valence-corrected chi connectivity index (χ4v) is 9.83. The van der Waals surface area contributed by atoms with Gasteiger partial charge in [-0.3, -0.25) is 29.1 Å². The molecule has 1 amide bonds. The number of nitrogens with one attached hydrogen (secondary N) is 2. The second-order valence-corrected chi connectivity index (χ2v) is 18.1. The Morgan fingerprint density at radius 2 is 1.76 bits per heavy atom. The highest BCUT2D eigenvalue weighted by Crippen LogP contribution is 2.50. The third kappa shape index (κ3) is 8.58. The number of aliphatic hydroxyl groups excluding tert-OH is 1. The first kappa shape index (κ1) is 44.0. The van der Waals surface area contributed by atoms with Crippen molar-refractivity contribution < 1.29 is 38.9 Å². The van der Waals surface area contributed by atoms with E-state index in [1.807, 2.05) is 45.9 Å². The van der Waals surface area contributed by atoms with Crippen LogP contribution in [0.25, 0.3) is 0 Å². The number of fused-ring (bicyclic) bond motifs is 13. The number of ether oxygens (including phenoxy) is 2. The van der Waals surface area contributed by atoms with Gasteiger partial charge in [-0.1, -0.05) is 65.0 Å². The molecule has 7 rings (SSSR count). The molecule has 0 saturated carbocycles. The average molecular weight is 813 g/mol. The number of carbonyl (C=O) groups excluding carboxylic acids is 4. The Morgan fingerprint density at radius 3 is 2.46 bits per heavy atom. The maximum atomic E-state index is 14.7. The van der Waals surface area contributed by atoms with E-state index in [-0.39, 0.29) is 81.4 Å². The number of rotatable bonds is 5. The Labute approximate surface area is 349 Å². The molecular formula is C47H64N4O8. The summed E-state index contributed by atoms with van der Waals surface area (Å²) in [6.45, 7) is 19.6. The lowest BCUT2D eigenvalue weighted by atomic mass is 9.80. The highest BCUT2D eigenvalue weighted by molar-refractivity contribution is 6.34. The monoisotopic (exact) mass is 812 g/mol. The number of nitrogens with zero attached hydrogens (tertiary/aromatic N) is 2. The predicted molar refractivity (Wildman–Crippen MR) is 227 cm³/mol. The summed E-state index contributed by atoms with van der Waals surface area (Å²) in [4.78, 5) is 63.1. The van der Waals surface area contributed by atoms with Gasteiger partial charge in [0, 0.05) is 54.5 Å². The fraction of sp³-hybridized carbons (Fsp3) is 0.596. The number of aromatic hydroxyl groups is 1. The van der Waals surface area contributed by atoms with E-state index < -0.39 is 41.6 Å². The summed E-state index contributed by atoms with van der Waals surface area (Å²) in [6.07, 6.45) is 12.6. The minimum atomic E-state index is -1.36. The summed E-state index contributed by atoms with van der Waals surface area (Å²) in [6, 6.07) is 0.692. The molecule has 10 atom stereocenters. The first-order valence-electron chi connectivity index (χ1n) is 21.6. The summed E-state index contributed by atoms with van der Waals surface area (Å²) < 4.78 is 12.3. The molecule has 59 heavy (non-hydrogen) atoms. The van der Waals surface area contributed by atoms with Crippen molar-refractivity contribution in [2.75, 3.05) is 6.54 Å². The van der Waals surface area contributed by atoms with Crippen molar-refractivity contribution in [1.29, 1.82) is 0 Å². The van der Waals surface area contributed by atoms with Crippen molar-refractivity contribution in [2.45, 2.75) is 150 Å². The SMILES string of the molecule is CCCN1C(C)CCC1C[C@H]1N=C2C(=C3NC(=O)/C(C)=C\C=C\[C@H](C)C[C@@H](C)[C@@H](O)[C@@H](C)[C@H](OC(C)=O)[C@H](C)C/C=C/C[C@@]4(C)Oc5c(C)c(O)c(c2c5C4=O)C3=O)N1. The van der Waals surface area contributed by atoms with Gasteiger partial charge in [-0.2, -0.15) is 0 Å². The molecule has 6 aliphatic rings. The number of benzene rings is 1. The van der Waals surface area contributed by atoms with E-state index in [2.05, 4.69) is 29.4 Å². The molecule has 1 aromatic rings. The van der Waals surface area contributed by atoms with E-state index in [9.17, 15) is 29.4 Å². The fourth-order valence-electron chi connectivity index (χ4n) is 9.83. The summed E-state index contributed by atoms with van der Waals surface area (Å²) in [5.74, 6) is -2.59. The van der Waals surface area contributed by atoms with Gasteiger partial charge >= 0.3 is 5.97 Å². The van der Waals surface area contributed by atoms with E-state index in [1.165, 1.54) is 6.92 Å². The number of ketones is 2. The van der Waals surface area contributed by atoms with Crippen LogP contribution in [-0.4, -0.2) is 86.9 Å². The average Bonchev–Trinajstić information content (AvgIpc) is 3.84. The van der Waals surface area contributed by atoms with Gasteiger partial charge in [0.2, 0.25) is 11.6 Å². The number of phenols is 1. The van der Waals surface area contributed by atoms with E-state index in [4.69, 9.17) is 14.5 Å². The Bertz CT molecular complexity index is 2030. The highest BCUT2D eigenvalue weighted by atomic mass is 16.5. The smallest absolute Gasteiger partial charge is 0.302 e. The first-order chi connectivity index (χ1) is 27.9. The van der Waals surface area contributed by atoms with Gasteiger partial charge in [0.15, 0.2) is 5.60 Å². The molecule has 5 heterocycles. The summed E-state index contributed by atoms with van der Waals surface area (Å²) in [5, 5.41) is 29.6. The highest BCUT2D eigenvalue weighted by Gasteiger charge is 2.51. The van der Waals surface area contributed by atoms with Crippen LogP contribution in [0.3, 0.4) is 0 Å². The van der Waals surface area contributed by atoms with Gasteiger partial charge < -0.3 is 30.3 Å². The molecule has 1 fully saturated rings. The van der Waals surface area contributed by atoms with Crippen LogP contribution < -0.4 is 15.4 Å². The van der Waals surface area contributed by atoms with Crippen LogP contribution in [-0.2, 0) is 14.3 Å². The number of Topliss-reactive ketones (excluding diaryl/α,β-unsaturated/α-hetero) is 2. The van der Waals surface area contributed by atoms with Crippen molar-refractivity contribution in [1.82, 2.24) is 15.5 Å². The number of hydrogen-bond acceptors (Lipinski definition) is 11. The molecule has 0 aromatic heterocycles. The van der Waals surface area contributed by atoms with Gasteiger partial charge in [-0.05, 0) is 84.1 Å². The molecule has 5 bridgehead atoms. The van der Waals surface area contributed by atoms with Crippen molar-refractivity contribution in [3.8, 4) is 11.5 Å². The summed E-state index contributed by atoms with van der Waals surface area (Å²) in [7, 11) is 0. The Morgan fingerprint density at radius 1 is 1.03 bits per heavy atom. The number of phenolic OH excluding ortho intramolecular Hbond substituents is 1. The standard InChI is InChI=1S/C47H64N4O8/c1-11-21-51-28(6)18-19-32(51)23-33-48-37-34-35-41(54)30(8)44-36(34)45(56)47(10,59-44)20-13-12-16-25(3)43(58-31(9)52)29(7)40(53)27(5)22-24(2)15-14-17-26(4)46(57)50-39(42(35)55)38(37)49-33/h12-15,17,24-25,27-29,32-33,40,43,49,53-54H,11,16,18-23H2,1-10H3,(H,50,57)/b13-12+,15-14+,26-17-/t24-,25+,27+,28?,29+,32?,33-,40+,43+,47+/m0/s1. The zero-order valence-electron chi connectivity index (χ0n) is 36.5. The molecule has 12 nitrogen and oxygen atoms in total. The van der Waals surface area contributed by atoms with Gasteiger partial charge in [-0.15, -0.1) is 0 Å². The summed E-state index contributed by atoms with van der Waals surface area (Å²) >= 11 is 0. The molecule has 4 N–H and O–H groups in total. The van der Waals surface area contributed by atoms with E-state index in [0.717, 1.165) is 25.8 Å². The topological polar surface area (TPSA) is 167 Å². The molecule has 320 valence electrons. The Balaban J connectivity index is 1.44. The van der Waals surface area contributed by atoms with Crippen LogP contribution >= 0.6 is 0 Å². The van der Waals surface area contributed by atoms with Crippen LogP contribution in [0.4, 0.5) is 0 Å². The van der Waals surface area contributed by atoms with Gasteiger partial charge in [0.25, 0.3) is 5.91 Å². The van der Waals surface area contributed by atoms with Crippen molar-refractivity contribution in [3.05, 3.63) is 69.6 Å². The largest absolute Gasteiger partial charge is 0.507 e. The summed E-state index contributed by atoms with van der Waals surface area (Å²) in [5.41, 5.74) is 0.200.